The Bertz CT molecular complexity index is 1990. The third-order valence-electron chi connectivity index (χ3n) is 7.09. The molecule has 5 aromatic rings. The fraction of sp³-hybridized carbons (Fsp3) is 0.200. The molecule has 2 aromatic carbocycles. The number of hydrogen-bond donors (Lipinski definition) is 2. The Balaban J connectivity index is 1.63. The third-order valence-corrected chi connectivity index (χ3v) is 10.1. The molecular weight excluding hydrogens is 623 g/mol. The van der Waals surface area contributed by atoms with E-state index in [-0.39, 0.29) is 28.3 Å². The Hall–Kier alpha value is -3.55. The highest BCUT2D eigenvalue weighted by Crippen LogP contribution is 2.42. The number of hydrogen-bond acceptors (Lipinski definition) is 6. The predicted molar refractivity (Wildman–Crippen MR) is 161 cm³/mol. The van der Waals surface area contributed by atoms with E-state index in [0.717, 1.165) is 6.07 Å². The van der Waals surface area contributed by atoms with Gasteiger partial charge >= 0.3 is 6.18 Å². The first-order valence-electron chi connectivity index (χ1n) is 13.0. The third kappa shape index (κ3) is 5.98. The quantitative estimate of drug-likeness (QED) is 0.197. The van der Waals surface area contributed by atoms with Crippen LogP contribution < -0.4 is 10.3 Å². The first kappa shape index (κ1) is 30.9. The second-order valence-corrected chi connectivity index (χ2v) is 13.1. The number of nitrogens with zero attached hydrogens (tertiary/aromatic N) is 2. The summed E-state index contributed by atoms with van der Waals surface area (Å²) < 4.78 is 72.5. The molecule has 7 nitrogen and oxygen atoms in total. The highest BCUT2D eigenvalue weighted by Gasteiger charge is 2.51. The molecule has 0 saturated carbocycles. The van der Waals surface area contributed by atoms with Crippen LogP contribution in [0.2, 0.25) is 5.02 Å². The van der Waals surface area contributed by atoms with Gasteiger partial charge in [-0.05, 0) is 60.7 Å². The van der Waals surface area contributed by atoms with Crippen molar-refractivity contribution in [2.24, 2.45) is 0 Å². The van der Waals surface area contributed by atoms with Crippen LogP contribution in [0.3, 0.4) is 0 Å². The number of alkyl halides is 3. The number of sulfonamides is 1. The fourth-order valence-corrected chi connectivity index (χ4v) is 7.38. The molecule has 0 fully saturated rings. The van der Waals surface area contributed by atoms with Crippen molar-refractivity contribution in [3.8, 4) is 11.3 Å². The molecule has 0 aliphatic heterocycles. The van der Waals surface area contributed by atoms with Crippen LogP contribution in [0.25, 0.3) is 21.3 Å². The molecule has 5 rings (SSSR count). The molecule has 0 amide bonds. The molecule has 2 atom stereocenters. The molecule has 2 N–H and O–H groups in total. The van der Waals surface area contributed by atoms with E-state index in [0.29, 0.717) is 38.0 Å². The van der Waals surface area contributed by atoms with E-state index in [2.05, 4.69) is 9.71 Å². The molecule has 0 aliphatic carbocycles. The summed E-state index contributed by atoms with van der Waals surface area (Å²) in [7, 11) is -4.17. The van der Waals surface area contributed by atoms with Crippen LogP contribution in [-0.4, -0.2) is 29.3 Å². The van der Waals surface area contributed by atoms with Gasteiger partial charge in [0, 0.05) is 45.2 Å². The summed E-state index contributed by atoms with van der Waals surface area (Å²) in [5.41, 5.74) is -2.61. The molecule has 0 bridgehead atoms. The van der Waals surface area contributed by atoms with Gasteiger partial charge in [0.05, 0.1) is 16.6 Å². The monoisotopic (exact) mass is 647 g/mol. The van der Waals surface area contributed by atoms with Gasteiger partial charge in [0.15, 0.2) is 5.60 Å². The van der Waals surface area contributed by atoms with Gasteiger partial charge in [0.25, 0.3) is 5.56 Å². The summed E-state index contributed by atoms with van der Waals surface area (Å²) >= 11 is 7.76. The number of aryl methyl sites for hydroxylation is 1. The molecule has 0 saturated heterocycles. The van der Waals surface area contributed by atoms with Crippen LogP contribution in [0.15, 0.2) is 94.9 Å². The second-order valence-electron chi connectivity index (χ2n) is 9.94. The van der Waals surface area contributed by atoms with Gasteiger partial charge in [-0.2, -0.15) is 17.9 Å². The van der Waals surface area contributed by atoms with Gasteiger partial charge in [0.1, 0.15) is 0 Å². The fourth-order valence-electron chi connectivity index (χ4n) is 4.59. The summed E-state index contributed by atoms with van der Waals surface area (Å²) in [4.78, 5) is 16.8. The maximum atomic E-state index is 13.6. The Labute approximate surface area is 254 Å². The molecule has 0 spiro atoms. The molecule has 13 heteroatoms. The van der Waals surface area contributed by atoms with E-state index >= 15 is 0 Å². The van der Waals surface area contributed by atoms with Crippen molar-refractivity contribution >= 4 is 43.0 Å². The number of aromatic nitrogens is 2. The molecule has 0 aliphatic rings. The van der Waals surface area contributed by atoms with E-state index in [1.54, 1.807) is 55.5 Å². The molecule has 0 unspecified atom stereocenters. The van der Waals surface area contributed by atoms with Crippen molar-refractivity contribution in [2.75, 3.05) is 0 Å². The Kier molecular flexibility index (Phi) is 8.27. The first-order chi connectivity index (χ1) is 20.2. The number of nitrogens with one attached hydrogen (secondary N) is 1. The maximum Gasteiger partial charge on any atom is 0.421 e. The average molecular weight is 648 g/mol. The van der Waals surface area contributed by atoms with Crippen LogP contribution >= 0.6 is 22.9 Å². The topological polar surface area (TPSA) is 101 Å². The number of benzene rings is 2. The minimum Gasteiger partial charge on any atom is -0.376 e. The Morgan fingerprint density at radius 1 is 1.07 bits per heavy atom. The van der Waals surface area contributed by atoms with E-state index in [4.69, 9.17) is 11.6 Å². The summed E-state index contributed by atoms with van der Waals surface area (Å²) in [5.74, 6) is 0. The van der Waals surface area contributed by atoms with Crippen molar-refractivity contribution in [1.29, 1.82) is 0 Å². The lowest BCUT2D eigenvalue weighted by Gasteiger charge is -2.26. The van der Waals surface area contributed by atoms with Gasteiger partial charge in [-0.15, -0.1) is 11.3 Å². The summed E-state index contributed by atoms with van der Waals surface area (Å²) in [6, 6.07) is 17.5. The number of aliphatic hydroxyl groups is 1. The molecular formula is C30H25ClF3N3O4S2. The summed E-state index contributed by atoms with van der Waals surface area (Å²) in [6.45, 7) is 2.69. The van der Waals surface area contributed by atoms with Crippen molar-refractivity contribution in [2.45, 2.75) is 43.1 Å². The van der Waals surface area contributed by atoms with Gasteiger partial charge in [-0.3, -0.25) is 9.78 Å². The maximum absolute atomic E-state index is 13.6. The van der Waals surface area contributed by atoms with Crippen LogP contribution in [0.5, 0.6) is 0 Å². The minimum atomic E-state index is -4.91. The second kappa shape index (κ2) is 11.5. The number of fused-ring (bicyclic) bond motifs is 1. The minimum absolute atomic E-state index is 0.106. The lowest BCUT2D eigenvalue weighted by molar-refractivity contribution is -0.258. The molecule has 3 heterocycles. The summed E-state index contributed by atoms with van der Waals surface area (Å²) in [6.07, 6.45) is -2.43. The standard InChI is InChI=1S/C30H25ClF3N3O4S2/c1-3-37-17-20(11-12-26(37)38)43(40,41)36-27(21-8-4-5-10-23(21)31)25-15-18-7-6-9-22(28(18)42-25)24-16-19(13-14-35-24)29(2,39)30(32,33)34/h4-17,27,36,39H,3H2,1-2H3/t27-,29+/m1/s1. The largest absolute Gasteiger partial charge is 0.421 e. The van der Waals surface area contributed by atoms with Gasteiger partial charge in [-0.25, -0.2) is 8.42 Å². The van der Waals surface area contributed by atoms with Gasteiger partial charge < -0.3 is 9.67 Å². The van der Waals surface area contributed by atoms with Gasteiger partial charge in [-0.1, -0.05) is 48.0 Å². The van der Waals surface area contributed by atoms with Crippen molar-refractivity contribution in [3.05, 3.63) is 117 Å². The molecule has 3 aromatic heterocycles. The number of thiophene rings is 1. The zero-order valence-corrected chi connectivity index (χ0v) is 25.2. The lowest BCUT2D eigenvalue weighted by Crippen LogP contribution is -2.39. The van der Waals surface area contributed by atoms with Crippen molar-refractivity contribution in [1.82, 2.24) is 14.3 Å². The van der Waals surface area contributed by atoms with Crippen LogP contribution in [-0.2, 0) is 22.2 Å². The SMILES string of the molecule is CCn1cc(S(=O)(=O)N[C@@H](c2cc3cccc(-c4cc([C@](C)(O)C(F)(F)F)ccn4)c3s2)c2ccccc2Cl)ccc1=O. The van der Waals surface area contributed by atoms with E-state index < -0.39 is 27.8 Å². The lowest BCUT2D eigenvalue weighted by atomic mass is 9.94. The highest BCUT2D eigenvalue weighted by molar-refractivity contribution is 7.89. The highest BCUT2D eigenvalue weighted by atomic mass is 35.5. The number of rotatable bonds is 8. The zero-order valence-electron chi connectivity index (χ0n) is 22.8. The Morgan fingerprint density at radius 2 is 1.81 bits per heavy atom. The Morgan fingerprint density at radius 3 is 2.51 bits per heavy atom. The number of pyridine rings is 2. The van der Waals surface area contributed by atoms with E-state index in [1.807, 2.05) is 0 Å². The van der Waals surface area contributed by atoms with Crippen molar-refractivity contribution < 1.29 is 26.7 Å². The van der Waals surface area contributed by atoms with E-state index in [1.165, 1.54) is 46.5 Å². The molecule has 43 heavy (non-hydrogen) atoms. The zero-order chi connectivity index (χ0) is 31.2. The first-order valence-corrected chi connectivity index (χ1v) is 15.7. The average Bonchev–Trinajstić information content (AvgIpc) is 3.40. The van der Waals surface area contributed by atoms with Crippen LogP contribution in [0, 0.1) is 0 Å². The summed E-state index contributed by atoms with van der Waals surface area (Å²) in [5, 5.41) is 11.3. The predicted octanol–water partition coefficient (Wildman–Crippen LogP) is 6.64. The normalized spacial score (nSPS) is 14.5. The molecule has 224 valence electrons. The van der Waals surface area contributed by atoms with Crippen LogP contribution in [0.1, 0.15) is 35.9 Å². The smallest absolute Gasteiger partial charge is 0.376 e. The van der Waals surface area contributed by atoms with Crippen molar-refractivity contribution in [3.63, 3.8) is 0 Å². The van der Waals surface area contributed by atoms with Crippen LogP contribution in [0.4, 0.5) is 13.2 Å². The number of halogens is 4. The molecule has 0 radical (unpaired) electrons. The van der Waals surface area contributed by atoms with E-state index in [9.17, 15) is 31.5 Å². The van der Waals surface area contributed by atoms with Gasteiger partial charge in [0.2, 0.25) is 10.0 Å².